The van der Waals surface area contributed by atoms with Crippen LogP contribution in [0.5, 0.6) is 5.75 Å². The lowest BCUT2D eigenvalue weighted by molar-refractivity contribution is 0.0363. The molecule has 8 heteroatoms. The molecule has 0 radical (unpaired) electrons. The van der Waals surface area contributed by atoms with Gasteiger partial charge in [-0.15, -0.1) is 0 Å². The Balaban J connectivity index is 2.41. The minimum absolute atomic E-state index is 0.00141. The number of aliphatic hydroxyl groups excluding tert-OH is 1. The second kappa shape index (κ2) is 9.93. The van der Waals surface area contributed by atoms with E-state index in [0.717, 1.165) is 0 Å². The maximum absolute atomic E-state index is 13.3. The van der Waals surface area contributed by atoms with Crippen LogP contribution in [-0.2, 0) is 0 Å². The van der Waals surface area contributed by atoms with Gasteiger partial charge in [-0.05, 0) is 53.1 Å². The predicted molar refractivity (Wildman–Crippen MR) is 113 cm³/mol. The second-order valence-electron chi connectivity index (χ2n) is 8.35. The molecule has 0 spiro atoms. The third-order valence-corrected chi connectivity index (χ3v) is 4.89. The highest BCUT2D eigenvalue weighted by Gasteiger charge is 2.33. The van der Waals surface area contributed by atoms with Gasteiger partial charge in [0.05, 0.1) is 18.2 Å². The standard InChI is InChI=1S/C21H34N4O4/c1-13(2)22-21(28)23-16-7-8-18-17(9-16)20(27)25(15(4)12-26)10-14(3)19(29-18)11-24(5)6/h7-9,13-15,19,26H,10-12H2,1-6H3,(H2,22,23,28)/t14-,15-,19+/m1/s1. The average molecular weight is 407 g/mol. The highest BCUT2D eigenvalue weighted by Crippen LogP contribution is 2.30. The largest absolute Gasteiger partial charge is 0.488 e. The molecular formula is C21H34N4O4. The fourth-order valence-electron chi connectivity index (χ4n) is 3.31. The van der Waals surface area contributed by atoms with E-state index in [-0.39, 0.29) is 42.7 Å². The summed E-state index contributed by atoms with van der Waals surface area (Å²) in [5.74, 6) is 0.348. The predicted octanol–water partition coefficient (Wildman–Crippen LogP) is 2.00. The molecule has 0 saturated carbocycles. The van der Waals surface area contributed by atoms with Crippen molar-refractivity contribution in [3.05, 3.63) is 23.8 Å². The van der Waals surface area contributed by atoms with Crippen molar-refractivity contribution >= 4 is 17.6 Å². The van der Waals surface area contributed by atoms with E-state index in [2.05, 4.69) is 22.5 Å². The van der Waals surface area contributed by atoms with Crippen molar-refractivity contribution in [1.82, 2.24) is 15.1 Å². The molecule has 0 aliphatic carbocycles. The van der Waals surface area contributed by atoms with Crippen LogP contribution in [0.15, 0.2) is 18.2 Å². The lowest BCUT2D eigenvalue weighted by Gasteiger charge is -2.37. The first-order valence-electron chi connectivity index (χ1n) is 10.1. The first-order chi connectivity index (χ1) is 13.6. The van der Waals surface area contributed by atoms with Crippen LogP contribution in [0.4, 0.5) is 10.5 Å². The number of aliphatic hydroxyl groups is 1. The van der Waals surface area contributed by atoms with Crippen molar-refractivity contribution in [2.45, 2.75) is 45.9 Å². The highest BCUT2D eigenvalue weighted by atomic mass is 16.5. The van der Waals surface area contributed by atoms with Gasteiger partial charge in [-0.3, -0.25) is 4.79 Å². The summed E-state index contributed by atoms with van der Waals surface area (Å²) in [4.78, 5) is 29.1. The molecule has 0 aromatic heterocycles. The van der Waals surface area contributed by atoms with Crippen molar-refractivity contribution < 1.29 is 19.4 Å². The van der Waals surface area contributed by atoms with Crippen LogP contribution in [0, 0.1) is 5.92 Å². The summed E-state index contributed by atoms with van der Waals surface area (Å²) >= 11 is 0. The number of carbonyl (C=O) groups excluding carboxylic acids is 2. The minimum atomic E-state index is -0.334. The molecule has 8 nitrogen and oxygen atoms in total. The van der Waals surface area contributed by atoms with Gasteiger partial charge in [-0.2, -0.15) is 0 Å². The van der Waals surface area contributed by atoms with Crippen LogP contribution in [0.25, 0.3) is 0 Å². The average Bonchev–Trinajstić information content (AvgIpc) is 2.63. The van der Waals surface area contributed by atoms with Crippen molar-refractivity contribution in [3.8, 4) is 5.75 Å². The van der Waals surface area contributed by atoms with Gasteiger partial charge in [-0.1, -0.05) is 6.92 Å². The summed E-state index contributed by atoms with van der Waals surface area (Å²) in [6.45, 7) is 8.68. The minimum Gasteiger partial charge on any atom is -0.488 e. The molecule has 0 bridgehead atoms. The number of ether oxygens (including phenoxy) is 1. The van der Waals surface area contributed by atoms with Crippen LogP contribution in [-0.4, -0.2) is 78.8 Å². The van der Waals surface area contributed by atoms with E-state index in [4.69, 9.17) is 4.74 Å². The number of carbonyl (C=O) groups is 2. The Kier molecular flexibility index (Phi) is 7.87. The van der Waals surface area contributed by atoms with Crippen molar-refractivity contribution in [2.24, 2.45) is 5.92 Å². The third kappa shape index (κ3) is 6.08. The van der Waals surface area contributed by atoms with E-state index >= 15 is 0 Å². The Labute approximate surface area is 173 Å². The quantitative estimate of drug-likeness (QED) is 0.672. The summed E-state index contributed by atoms with van der Waals surface area (Å²) in [7, 11) is 3.96. The molecule has 1 aromatic carbocycles. The number of likely N-dealkylation sites (N-methyl/N-ethyl adjacent to an activating group) is 1. The topological polar surface area (TPSA) is 94.1 Å². The molecule has 3 amide bonds. The first kappa shape index (κ1) is 23.0. The van der Waals surface area contributed by atoms with Crippen LogP contribution in [0.2, 0.25) is 0 Å². The fraction of sp³-hybridized carbons (Fsp3) is 0.619. The van der Waals surface area contributed by atoms with Gasteiger partial charge in [0.25, 0.3) is 5.91 Å². The second-order valence-corrected chi connectivity index (χ2v) is 8.35. The molecule has 29 heavy (non-hydrogen) atoms. The number of benzene rings is 1. The summed E-state index contributed by atoms with van der Waals surface area (Å²) in [5, 5.41) is 15.2. The van der Waals surface area contributed by atoms with E-state index in [0.29, 0.717) is 30.1 Å². The third-order valence-electron chi connectivity index (χ3n) is 4.89. The van der Waals surface area contributed by atoms with Gasteiger partial charge in [0.1, 0.15) is 11.9 Å². The van der Waals surface area contributed by atoms with E-state index in [1.165, 1.54) is 0 Å². The Hall–Kier alpha value is -2.32. The normalized spacial score (nSPS) is 20.6. The molecule has 0 unspecified atom stereocenters. The molecule has 3 N–H and O–H groups in total. The van der Waals surface area contributed by atoms with Crippen LogP contribution >= 0.6 is 0 Å². The van der Waals surface area contributed by atoms with Gasteiger partial charge < -0.3 is 30.3 Å². The number of fused-ring (bicyclic) bond motifs is 1. The number of nitrogens with one attached hydrogen (secondary N) is 2. The van der Waals surface area contributed by atoms with E-state index in [1.807, 2.05) is 34.9 Å². The van der Waals surface area contributed by atoms with Gasteiger partial charge in [0.2, 0.25) is 0 Å². The van der Waals surface area contributed by atoms with E-state index in [1.54, 1.807) is 23.1 Å². The number of hydrogen-bond donors (Lipinski definition) is 3. The molecule has 3 atom stereocenters. The van der Waals surface area contributed by atoms with Crippen LogP contribution < -0.4 is 15.4 Å². The van der Waals surface area contributed by atoms with E-state index < -0.39 is 0 Å². The Morgan fingerprint density at radius 3 is 2.62 bits per heavy atom. The molecule has 162 valence electrons. The summed E-state index contributed by atoms with van der Waals surface area (Å²) in [6, 6.07) is 4.43. The Morgan fingerprint density at radius 1 is 1.34 bits per heavy atom. The zero-order chi connectivity index (χ0) is 21.7. The SMILES string of the molecule is CC(C)NC(=O)Nc1ccc2c(c1)C(=O)N([C@H](C)CO)C[C@@H](C)[C@H](CN(C)C)O2. The van der Waals surface area contributed by atoms with Gasteiger partial charge in [0, 0.05) is 30.7 Å². The van der Waals surface area contributed by atoms with Crippen molar-refractivity contribution in [2.75, 3.05) is 39.1 Å². The van der Waals surface area contributed by atoms with Crippen LogP contribution in [0.3, 0.4) is 0 Å². The maximum Gasteiger partial charge on any atom is 0.319 e. The molecule has 0 saturated heterocycles. The van der Waals surface area contributed by atoms with Crippen molar-refractivity contribution in [3.63, 3.8) is 0 Å². The smallest absolute Gasteiger partial charge is 0.319 e. The number of rotatable bonds is 6. The van der Waals surface area contributed by atoms with Gasteiger partial charge in [0.15, 0.2) is 0 Å². The zero-order valence-electron chi connectivity index (χ0n) is 18.2. The number of anilines is 1. The first-order valence-corrected chi connectivity index (χ1v) is 10.1. The summed E-state index contributed by atoms with van der Waals surface area (Å²) in [6.07, 6.45) is -0.117. The van der Waals surface area contributed by atoms with Gasteiger partial charge in [-0.25, -0.2) is 4.79 Å². The molecule has 1 heterocycles. The van der Waals surface area contributed by atoms with Crippen molar-refractivity contribution in [1.29, 1.82) is 0 Å². The van der Waals surface area contributed by atoms with E-state index in [9.17, 15) is 14.7 Å². The lowest BCUT2D eigenvalue weighted by Crippen LogP contribution is -2.49. The van der Waals surface area contributed by atoms with Crippen LogP contribution in [0.1, 0.15) is 38.1 Å². The lowest BCUT2D eigenvalue weighted by atomic mass is 9.99. The molecule has 0 fully saturated rings. The zero-order valence-corrected chi connectivity index (χ0v) is 18.2. The fourth-order valence-corrected chi connectivity index (χ4v) is 3.31. The molecule has 1 aliphatic heterocycles. The Morgan fingerprint density at radius 2 is 2.03 bits per heavy atom. The monoisotopic (exact) mass is 406 g/mol. The molecule has 1 aromatic rings. The highest BCUT2D eigenvalue weighted by molar-refractivity contribution is 5.99. The van der Waals surface area contributed by atoms with Gasteiger partial charge >= 0.3 is 6.03 Å². The Bertz CT molecular complexity index is 723. The maximum atomic E-state index is 13.3. The number of nitrogens with zero attached hydrogens (tertiary/aromatic N) is 2. The molecule has 1 aliphatic rings. The summed E-state index contributed by atoms with van der Waals surface area (Å²) in [5.41, 5.74) is 0.886. The number of hydrogen-bond acceptors (Lipinski definition) is 5. The molecular weight excluding hydrogens is 372 g/mol. The number of amides is 3. The molecule has 2 rings (SSSR count). The summed E-state index contributed by atoms with van der Waals surface area (Å²) < 4.78 is 6.24. The number of urea groups is 1.